The van der Waals surface area contributed by atoms with Crippen LogP contribution in [-0.4, -0.2) is 30.4 Å². The van der Waals surface area contributed by atoms with Gasteiger partial charge >= 0.3 is 5.69 Å². The van der Waals surface area contributed by atoms with Crippen LogP contribution in [0.5, 0.6) is 0 Å². The zero-order valence-corrected chi connectivity index (χ0v) is 18.3. The van der Waals surface area contributed by atoms with Gasteiger partial charge in [-0.25, -0.2) is 14.2 Å². The average molecular weight is 439 g/mol. The van der Waals surface area contributed by atoms with Gasteiger partial charge in [0, 0.05) is 38.7 Å². The quantitative estimate of drug-likeness (QED) is 0.615. The van der Waals surface area contributed by atoms with Gasteiger partial charge in [0.05, 0.1) is 0 Å². The molecule has 1 aliphatic carbocycles. The second-order valence-corrected chi connectivity index (χ2v) is 8.02. The number of benzene rings is 1. The summed E-state index contributed by atoms with van der Waals surface area (Å²) >= 11 is 0. The number of aliphatic hydroxyl groups excluding tert-OH is 1. The predicted octanol–water partition coefficient (Wildman–Crippen LogP) is 3.08. The second-order valence-electron chi connectivity index (χ2n) is 8.02. The number of hydrogen-bond acceptors (Lipinski definition) is 4. The lowest BCUT2D eigenvalue weighted by atomic mass is 10.0. The molecule has 0 bridgehead atoms. The zero-order valence-electron chi connectivity index (χ0n) is 18.3. The van der Waals surface area contributed by atoms with E-state index in [-0.39, 0.29) is 19.0 Å². The number of hydrogen-bond donors (Lipinski definition) is 1. The van der Waals surface area contributed by atoms with Gasteiger partial charge in [0.2, 0.25) is 0 Å². The van der Waals surface area contributed by atoms with E-state index in [0.717, 1.165) is 27.7 Å². The molecule has 4 rings (SSSR count). The van der Waals surface area contributed by atoms with E-state index < -0.39 is 11.2 Å². The SMILES string of the molecule is CCc1ccccc1-c1nc2c(c(=O)n(CCCO)c(=O)n2C)n1CC1=CC=C(F)CC1. The highest BCUT2D eigenvalue weighted by atomic mass is 19.1. The van der Waals surface area contributed by atoms with Gasteiger partial charge in [-0.15, -0.1) is 0 Å². The van der Waals surface area contributed by atoms with Gasteiger partial charge in [-0.1, -0.05) is 37.3 Å². The minimum Gasteiger partial charge on any atom is -0.396 e. The average Bonchev–Trinajstić information content (AvgIpc) is 3.18. The molecule has 0 saturated heterocycles. The Morgan fingerprint density at radius 3 is 2.59 bits per heavy atom. The van der Waals surface area contributed by atoms with Crippen molar-refractivity contribution in [3.8, 4) is 11.4 Å². The second kappa shape index (κ2) is 9.08. The van der Waals surface area contributed by atoms with E-state index in [0.29, 0.717) is 42.8 Å². The molecule has 0 saturated carbocycles. The van der Waals surface area contributed by atoms with Crippen molar-refractivity contribution in [1.82, 2.24) is 18.7 Å². The van der Waals surface area contributed by atoms with Crippen molar-refractivity contribution in [2.45, 2.75) is 45.7 Å². The highest BCUT2D eigenvalue weighted by Crippen LogP contribution is 2.29. The smallest absolute Gasteiger partial charge is 0.332 e. The van der Waals surface area contributed by atoms with Crippen molar-refractivity contribution in [3.05, 3.63) is 74.2 Å². The van der Waals surface area contributed by atoms with Crippen LogP contribution >= 0.6 is 0 Å². The molecule has 0 aliphatic heterocycles. The van der Waals surface area contributed by atoms with Gasteiger partial charge in [0.1, 0.15) is 11.7 Å². The number of imidazole rings is 1. The lowest BCUT2D eigenvalue weighted by Gasteiger charge is -2.16. The summed E-state index contributed by atoms with van der Waals surface area (Å²) in [5.41, 5.74) is 2.73. The summed E-state index contributed by atoms with van der Waals surface area (Å²) in [6.07, 6.45) is 5.20. The van der Waals surface area contributed by atoms with Gasteiger partial charge < -0.3 is 9.67 Å². The van der Waals surface area contributed by atoms with Crippen molar-refractivity contribution in [1.29, 1.82) is 0 Å². The summed E-state index contributed by atoms with van der Waals surface area (Å²) in [6.45, 7) is 2.44. The minimum atomic E-state index is -0.460. The fourth-order valence-electron chi connectivity index (χ4n) is 4.19. The minimum absolute atomic E-state index is 0.118. The Morgan fingerprint density at radius 1 is 1.12 bits per heavy atom. The molecule has 0 unspecified atom stereocenters. The summed E-state index contributed by atoms with van der Waals surface area (Å²) in [6, 6.07) is 7.88. The number of nitrogens with zero attached hydrogens (tertiary/aromatic N) is 4. The molecule has 32 heavy (non-hydrogen) atoms. The molecule has 1 N–H and O–H groups in total. The standard InChI is InChI=1S/C24H27FN4O3/c1-3-17-7-4-5-8-19(17)21-26-22-20(29(21)15-16-9-11-18(25)12-10-16)23(31)28(13-6-14-30)24(32)27(22)2/h4-5,7-9,11,30H,3,6,10,12-15H2,1-2H3. The molecule has 0 amide bonds. The van der Waals surface area contributed by atoms with Crippen LogP contribution in [0.1, 0.15) is 31.7 Å². The molecule has 2 heterocycles. The molecular weight excluding hydrogens is 411 g/mol. The number of aromatic nitrogens is 4. The summed E-state index contributed by atoms with van der Waals surface area (Å²) < 4.78 is 17.9. The summed E-state index contributed by atoms with van der Waals surface area (Å²) in [7, 11) is 1.60. The molecule has 168 valence electrons. The molecule has 7 nitrogen and oxygen atoms in total. The van der Waals surface area contributed by atoms with Crippen molar-refractivity contribution in [3.63, 3.8) is 0 Å². The third kappa shape index (κ3) is 3.86. The number of aryl methyl sites for hydroxylation is 2. The third-order valence-electron chi connectivity index (χ3n) is 5.96. The van der Waals surface area contributed by atoms with E-state index in [1.165, 1.54) is 10.6 Å². The Labute approximate surface area is 184 Å². The molecular formula is C24H27FN4O3. The van der Waals surface area contributed by atoms with Crippen molar-refractivity contribution >= 4 is 11.2 Å². The first kappa shape index (κ1) is 22.0. The Bertz CT molecular complexity index is 1340. The van der Waals surface area contributed by atoms with Crippen LogP contribution in [0.2, 0.25) is 0 Å². The highest BCUT2D eigenvalue weighted by molar-refractivity contribution is 5.78. The number of rotatable bonds is 7. The molecule has 0 radical (unpaired) electrons. The van der Waals surface area contributed by atoms with E-state index in [2.05, 4.69) is 6.92 Å². The van der Waals surface area contributed by atoms with E-state index >= 15 is 0 Å². The lowest BCUT2D eigenvalue weighted by molar-refractivity contribution is 0.277. The third-order valence-corrected chi connectivity index (χ3v) is 5.96. The van der Waals surface area contributed by atoms with Crippen LogP contribution in [0.15, 0.2) is 57.4 Å². The van der Waals surface area contributed by atoms with E-state index in [9.17, 15) is 19.1 Å². The maximum atomic E-state index is 13.5. The molecule has 0 spiro atoms. The molecule has 1 aliphatic rings. The topological polar surface area (TPSA) is 82.1 Å². The summed E-state index contributed by atoms with van der Waals surface area (Å²) in [5, 5.41) is 9.21. The molecule has 1 aromatic carbocycles. The Kier molecular flexibility index (Phi) is 6.23. The normalized spacial score (nSPS) is 14.0. The Hall–Kier alpha value is -3.26. The number of allylic oxidation sites excluding steroid dienone is 4. The maximum Gasteiger partial charge on any atom is 0.332 e. The number of fused-ring (bicyclic) bond motifs is 1. The van der Waals surface area contributed by atoms with Crippen LogP contribution in [0.25, 0.3) is 22.6 Å². The van der Waals surface area contributed by atoms with Gasteiger partial charge in [-0.05, 0) is 36.5 Å². The first-order chi connectivity index (χ1) is 15.5. The lowest BCUT2D eigenvalue weighted by Crippen LogP contribution is -2.40. The first-order valence-corrected chi connectivity index (χ1v) is 10.9. The van der Waals surface area contributed by atoms with Crippen molar-refractivity contribution in [2.75, 3.05) is 6.61 Å². The van der Waals surface area contributed by atoms with Crippen LogP contribution < -0.4 is 11.2 Å². The van der Waals surface area contributed by atoms with Crippen molar-refractivity contribution in [2.24, 2.45) is 7.05 Å². The van der Waals surface area contributed by atoms with E-state index in [4.69, 9.17) is 4.98 Å². The van der Waals surface area contributed by atoms with Gasteiger partial charge in [0.15, 0.2) is 11.2 Å². The number of halogens is 1. The maximum absolute atomic E-state index is 13.5. The number of aliphatic hydroxyl groups is 1. The van der Waals surface area contributed by atoms with Crippen LogP contribution in [0.3, 0.4) is 0 Å². The largest absolute Gasteiger partial charge is 0.396 e. The molecule has 0 atom stereocenters. The van der Waals surface area contributed by atoms with Crippen LogP contribution in [-0.2, 0) is 26.6 Å². The Morgan fingerprint density at radius 2 is 1.91 bits per heavy atom. The summed E-state index contributed by atoms with van der Waals surface area (Å²) in [4.78, 5) is 31.0. The van der Waals surface area contributed by atoms with E-state index in [1.54, 1.807) is 13.1 Å². The highest BCUT2D eigenvalue weighted by Gasteiger charge is 2.23. The van der Waals surface area contributed by atoms with E-state index in [1.807, 2.05) is 28.8 Å². The molecule has 2 aromatic heterocycles. The van der Waals surface area contributed by atoms with Crippen molar-refractivity contribution < 1.29 is 9.50 Å². The fraction of sp³-hybridized carbons (Fsp3) is 0.375. The molecule has 8 heteroatoms. The molecule has 0 fully saturated rings. The van der Waals surface area contributed by atoms with Crippen LogP contribution in [0, 0.1) is 0 Å². The monoisotopic (exact) mass is 438 g/mol. The van der Waals surface area contributed by atoms with Crippen LogP contribution in [0.4, 0.5) is 4.39 Å². The van der Waals surface area contributed by atoms with Gasteiger partial charge in [0.25, 0.3) is 5.56 Å². The summed E-state index contributed by atoms with van der Waals surface area (Å²) in [5.74, 6) is 0.454. The zero-order chi connectivity index (χ0) is 22.8. The first-order valence-electron chi connectivity index (χ1n) is 10.9. The van der Waals surface area contributed by atoms with Gasteiger partial charge in [-0.3, -0.25) is 13.9 Å². The Balaban J connectivity index is 2.02. The predicted molar refractivity (Wildman–Crippen MR) is 122 cm³/mol. The van der Waals surface area contributed by atoms with Gasteiger partial charge in [-0.2, -0.15) is 0 Å². The fourth-order valence-corrected chi connectivity index (χ4v) is 4.19. The molecule has 3 aromatic rings.